The number of hydrogen-bond acceptors (Lipinski definition) is 7. The van der Waals surface area contributed by atoms with Crippen LogP contribution in [0.2, 0.25) is 0 Å². The van der Waals surface area contributed by atoms with Crippen LogP contribution in [0.5, 0.6) is 0 Å². The molecule has 2 aromatic heterocycles. The zero-order valence-electron chi connectivity index (χ0n) is 18.8. The lowest BCUT2D eigenvalue weighted by Gasteiger charge is -2.38. The molecule has 4 heterocycles. The summed E-state index contributed by atoms with van der Waals surface area (Å²) in [6, 6.07) is 7.15. The first kappa shape index (κ1) is 23.7. The van der Waals surface area contributed by atoms with Crippen LogP contribution in [0.4, 0.5) is 11.6 Å². The molecule has 14 heteroatoms. The van der Waals surface area contributed by atoms with E-state index in [1.165, 1.54) is 4.31 Å². The molecule has 1 aromatic carbocycles. The first-order chi connectivity index (χ1) is 16.6. The van der Waals surface area contributed by atoms with Crippen molar-refractivity contribution in [1.29, 1.82) is 0 Å². The highest BCUT2D eigenvalue weighted by atomic mass is 127. The summed E-state index contributed by atoms with van der Waals surface area (Å²) in [5.74, 6) is -0.283. The Morgan fingerprint density at radius 3 is 2.66 bits per heavy atom. The van der Waals surface area contributed by atoms with Gasteiger partial charge in [0.15, 0.2) is 23.3 Å². The third-order valence-corrected chi connectivity index (χ3v) is 9.23. The third-order valence-electron chi connectivity index (χ3n) is 6.48. The Labute approximate surface area is 215 Å². The van der Waals surface area contributed by atoms with Crippen LogP contribution in [0.15, 0.2) is 40.4 Å². The molecule has 184 valence electrons. The van der Waals surface area contributed by atoms with Gasteiger partial charge in [-0.25, -0.2) is 18.4 Å². The van der Waals surface area contributed by atoms with Crippen molar-refractivity contribution >= 4 is 67.0 Å². The van der Waals surface area contributed by atoms with E-state index in [-0.39, 0.29) is 17.3 Å². The second kappa shape index (κ2) is 8.60. The molecule has 35 heavy (non-hydrogen) atoms. The number of aromatic nitrogens is 3. The zero-order valence-corrected chi connectivity index (χ0v) is 21.8. The number of benzene rings is 1. The predicted octanol–water partition coefficient (Wildman–Crippen LogP) is 0.650. The number of nitrogen functional groups attached to an aromatic ring is 2. The number of aryl methyl sites for hydroxylation is 1. The number of nitrogens with zero attached hydrogens (tertiary/aromatic N) is 5. The number of rotatable bonds is 3. The molecule has 0 bridgehead atoms. The van der Waals surface area contributed by atoms with Crippen LogP contribution in [0.1, 0.15) is 23.3 Å². The maximum atomic E-state index is 13.4. The number of piperidine rings is 1. The second-order valence-corrected chi connectivity index (χ2v) is 11.6. The van der Waals surface area contributed by atoms with Crippen LogP contribution >= 0.6 is 22.6 Å². The van der Waals surface area contributed by atoms with Crippen molar-refractivity contribution in [2.75, 3.05) is 31.1 Å². The lowest BCUT2D eigenvalue weighted by atomic mass is 9.90. The van der Waals surface area contributed by atoms with E-state index < -0.39 is 21.5 Å². The van der Waals surface area contributed by atoms with Crippen molar-refractivity contribution in [2.45, 2.75) is 23.3 Å². The van der Waals surface area contributed by atoms with Crippen molar-refractivity contribution in [3.63, 3.8) is 0 Å². The lowest BCUT2D eigenvalue weighted by molar-refractivity contribution is 0.0998. The van der Waals surface area contributed by atoms with E-state index in [0.717, 1.165) is 5.52 Å². The van der Waals surface area contributed by atoms with Gasteiger partial charge < -0.3 is 26.7 Å². The molecule has 5 rings (SSSR count). The Bertz CT molecular complexity index is 1480. The maximum absolute atomic E-state index is 13.4. The summed E-state index contributed by atoms with van der Waals surface area (Å²) in [5.41, 5.74) is 11.9. The van der Waals surface area contributed by atoms with Crippen LogP contribution in [0, 0.1) is 3.70 Å². The second-order valence-electron chi connectivity index (χ2n) is 8.68. The zero-order chi connectivity index (χ0) is 25.0. The molecule has 3 aromatic rings. The normalized spacial score (nSPS) is 19.2. The van der Waals surface area contributed by atoms with E-state index in [9.17, 15) is 13.2 Å². The van der Waals surface area contributed by atoms with Gasteiger partial charge in [0.25, 0.3) is 0 Å². The number of aliphatic imine (C=N–C) groups is 1. The van der Waals surface area contributed by atoms with E-state index >= 15 is 0 Å². The number of hydrogen-bond donors (Lipinski definition) is 4. The molecule has 1 amide bonds. The van der Waals surface area contributed by atoms with Crippen molar-refractivity contribution in [2.24, 2.45) is 12.0 Å². The highest BCUT2D eigenvalue weighted by molar-refractivity contribution is 14.1. The number of carbonyl (C=O) groups excluding carboxylic acids is 1. The highest BCUT2D eigenvalue weighted by Gasteiger charge is 2.42. The molecule has 0 aliphatic carbocycles. The summed E-state index contributed by atoms with van der Waals surface area (Å²) in [5, 5.41) is 7.09. The number of sulfonamides is 1. The molecule has 0 unspecified atom stereocenters. The van der Waals surface area contributed by atoms with Crippen molar-refractivity contribution < 1.29 is 13.2 Å². The SMILES string of the molecule is Cn1ccc2c(S(=O)(=O)N3CCC4(CC3)CN/C(=N\C(=O)c3nc(I)c(N)nc3N)N4)cccc21. The molecule has 12 nitrogen and oxygen atoms in total. The molecule has 2 aliphatic heterocycles. The minimum atomic E-state index is -3.66. The summed E-state index contributed by atoms with van der Waals surface area (Å²) >= 11 is 1.87. The molecule has 2 aliphatic rings. The van der Waals surface area contributed by atoms with E-state index in [0.29, 0.717) is 52.4 Å². The molecule has 2 fully saturated rings. The predicted molar refractivity (Wildman–Crippen MR) is 140 cm³/mol. The topological polar surface area (TPSA) is 174 Å². The molecule has 2 saturated heterocycles. The Kier molecular flexibility index (Phi) is 5.83. The average molecular weight is 609 g/mol. The summed E-state index contributed by atoms with van der Waals surface area (Å²) in [6.45, 7) is 1.20. The molecule has 1 spiro atoms. The average Bonchev–Trinajstić information content (AvgIpc) is 3.39. The number of guanidine groups is 1. The van der Waals surface area contributed by atoms with Gasteiger partial charge in [0.1, 0.15) is 3.70 Å². The van der Waals surface area contributed by atoms with Crippen molar-refractivity contribution in [3.8, 4) is 0 Å². The molecular formula is C21H24IN9O3S. The molecule has 0 radical (unpaired) electrons. The number of amides is 1. The standard InChI is InChI=1S/C21H24IN9O3S/c1-30-8-5-12-13(30)3-2-4-14(12)35(33,34)31-9-6-21(7-10-31)11-25-20(29-21)28-19(32)15-17(23)27-18(24)16(22)26-15/h2-5,8H,6-7,9-11H2,1H3,(H4,23,24,27)(H2,25,28,29,32). The van der Waals surface area contributed by atoms with Crippen molar-refractivity contribution in [3.05, 3.63) is 39.9 Å². The third kappa shape index (κ3) is 4.18. The van der Waals surface area contributed by atoms with Gasteiger partial charge >= 0.3 is 5.91 Å². The van der Waals surface area contributed by atoms with Gasteiger partial charge in [0.2, 0.25) is 10.0 Å². The van der Waals surface area contributed by atoms with Crippen LogP contribution < -0.4 is 22.1 Å². The Morgan fingerprint density at radius 2 is 1.91 bits per heavy atom. The van der Waals surface area contributed by atoms with Gasteiger partial charge in [-0.15, -0.1) is 0 Å². The molecular weight excluding hydrogens is 585 g/mol. The van der Waals surface area contributed by atoms with E-state index in [1.54, 1.807) is 12.1 Å². The van der Waals surface area contributed by atoms with Gasteiger partial charge in [-0.1, -0.05) is 6.07 Å². The number of nitrogens with two attached hydrogens (primary N) is 2. The van der Waals surface area contributed by atoms with Crippen molar-refractivity contribution in [1.82, 2.24) is 29.5 Å². The quantitative estimate of drug-likeness (QED) is 0.311. The van der Waals surface area contributed by atoms with E-state index in [1.807, 2.05) is 52.5 Å². The summed E-state index contributed by atoms with van der Waals surface area (Å²) < 4.78 is 30.7. The number of carbonyl (C=O) groups is 1. The maximum Gasteiger partial charge on any atom is 0.302 e. The first-order valence-electron chi connectivity index (χ1n) is 10.9. The largest absolute Gasteiger partial charge is 0.382 e. The summed E-state index contributed by atoms with van der Waals surface area (Å²) in [6.07, 6.45) is 2.97. The van der Waals surface area contributed by atoms with Gasteiger partial charge in [0, 0.05) is 43.8 Å². The van der Waals surface area contributed by atoms with Crippen LogP contribution in [0.3, 0.4) is 0 Å². The molecule has 0 atom stereocenters. The number of halogens is 1. The van der Waals surface area contributed by atoms with Gasteiger partial charge in [-0.3, -0.25) is 4.79 Å². The fraction of sp³-hybridized carbons (Fsp3) is 0.333. The number of nitrogens with one attached hydrogen (secondary N) is 2. The monoisotopic (exact) mass is 609 g/mol. The minimum Gasteiger partial charge on any atom is -0.382 e. The van der Waals surface area contributed by atoms with Gasteiger partial charge in [-0.2, -0.15) is 9.30 Å². The van der Waals surface area contributed by atoms with Crippen LogP contribution in [0.25, 0.3) is 10.9 Å². The van der Waals surface area contributed by atoms with E-state index in [4.69, 9.17) is 11.5 Å². The Morgan fingerprint density at radius 1 is 1.17 bits per heavy atom. The summed E-state index contributed by atoms with van der Waals surface area (Å²) in [4.78, 5) is 25.0. The lowest BCUT2D eigenvalue weighted by Crippen LogP contribution is -2.53. The van der Waals surface area contributed by atoms with Gasteiger partial charge in [0.05, 0.1) is 10.4 Å². The Hall–Kier alpha value is -2.98. The number of fused-ring (bicyclic) bond motifs is 1. The smallest absolute Gasteiger partial charge is 0.302 e. The first-order valence-corrected chi connectivity index (χ1v) is 13.4. The van der Waals surface area contributed by atoms with Crippen LogP contribution in [-0.2, 0) is 17.1 Å². The van der Waals surface area contributed by atoms with E-state index in [2.05, 4.69) is 25.6 Å². The minimum absolute atomic E-state index is 0.0725. The molecule has 6 N–H and O–H groups in total. The fourth-order valence-electron chi connectivity index (χ4n) is 4.51. The summed E-state index contributed by atoms with van der Waals surface area (Å²) in [7, 11) is -1.77. The Balaban J connectivity index is 1.30. The van der Waals surface area contributed by atoms with Crippen LogP contribution in [-0.4, -0.2) is 64.3 Å². The van der Waals surface area contributed by atoms with Gasteiger partial charge in [-0.05, 0) is 53.6 Å². The highest BCUT2D eigenvalue weighted by Crippen LogP contribution is 2.31. The fourth-order valence-corrected chi connectivity index (χ4v) is 6.51. The molecule has 0 saturated carbocycles. The number of anilines is 2.